The second-order valence-corrected chi connectivity index (χ2v) is 4.37. The van der Waals surface area contributed by atoms with Crippen LogP contribution >= 0.6 is 0 Å². The summed E-state index contributed by atoms with van der Waals surface area (Å²) < 4.78 is 5.14. The van der Waals surface area contributed by atoms with Crippen LogP contribution in [0.4, 0.5) is 5.95 Å². The van der Waals surface area contributed by atoms with Gasteiger partial charge in [-0.2, -0.15) is 4.98 Å². The monoisotopic (exact) mass is 181 g/mol. The minimum Gasteiger partial charge on any atom is -0.344 e. The molecule has 0 amide bonds. The van der Waals surface area contributed by atoms with E-state index < -0.39 is 0 Å². The molecule has 72 valence electrons. The van der Waals surface area contributed by atoms with E-state index in [9.17, 15) is 0 Å². The zero-order valence-electron chi connectivity index (χ0n) is 8.37. The number of aromatic nitrogens is 2. The van der Waals surface area contributed by atoms with Gasteiger partial charge in [0.05, 0.1) is 0 Å². The van der Waals surface area contributed by atoms with Gasteiger partial charge in [0.1, 0.15) is 0 Å². The van der Waals surface area contributed by atoms with Gasteiger partial charge in [-0.3, -0.25) is 0 Å². The molecule has 0 saturated heterocycles. The van der Waals surface area contributed by atoms with Crippen LogP contribution in [0.25, 0.3) is 0 Å². The maximum Gasteiger partial charge on any atom is 0.265 e. The summed E-state index contributed by atoms with van der Waals surface area (Å²) in [6, 6.07) is 0. The van der Waals surface area contributed by atoms with Crippen LogP contribution < -0.4 is 4.90 Å². The van der Waals surface area contributed by atoms with Crippen molar-refractivity contribution in [3.8, 4) is 0 Å². The third-order valence-corrected chi connectivity index (χ3v) is 2.54. The maximum atomic E-state index is 5.14. The lowest BCUT2D eigenvalue weighted by molar-refractivity contribution is 0.352. The smallest absolute Gasteiger partial charge is 0.265 e. The van der Waals surface area contributed by atoms with Crippen LogP contribution in [-0.4, -0.2) is 24.2 Å². The zero-order valence-corrected chi connectivity index (χ0v) is 8.37. The Kier molecular flexibility index (Phi) is 1.78. The Morgan fingerprint density at radius 1 is 1.46 bits per heavy atom. The molecular formula is C9H15N3O. The molecule has 4 heteroatoms. The fourth-order valence-corrected chi connectivity index (χ4v) is 1.25. The summed E-state index contributed by atoms with van der Waals surface area (Å²) in [7, 11) is 3.82. The Morgan fingerprint density at radius 3 is 2.62 bits per heavy atom. The number of hydrogen-bond acceptors (Lipinski definition) is 4. The van der Waals surface area contributed by atoms with Crippen LogP contribution in [0.3, 0.4) is 0 Å². The van der Waals surface area contributed by atoms with Crippen LogP contribution in [0, 0.1) is 5.41 Å². The maximum absolute atomic E-state index is 5.14. The molecule has 0 spiro atoms. The Bertz CT molecular complexity index is 302. The molecule has 0 atom stereocenters. The quantitative estimate of drug-likeness (QED) is 0.708. The van der Waals surface area contributed by atoms with Gasteiger partial charge in [0.15, 0.2) is 0 Å². The third kappa shape index (κ3) is 1.82. The molecule has 0 radical (unpaired) electrons. The standard InChI is InChI=1S/C9H15N3O/c1-9(4-5-9)6-7-10-8(11-13-7)12(2)3/h4-6H2,1-3H3. The van der Waals surface area contributed by atoms with Crippen molar-refractivity contribution in [3.63, 3.8) is 0 Å². The molecule has 1 aromatic heterocycles. The minimum atomic E-state index is 0.441. The fourth-order valence-electron chi connectivity index (χ4n) is 1.25. The fraction of sp³-hybridized carbons (Fsp3) is 0.778. The van der Waals surface area contributed by atoms with Gasteiger partial charge in [-0.05, 0) is 23.4 Å². The van der Waals surface area contributed by atoms with Crippen molar-refractivity contribution >= 4 is 5.95 Å². The summed E-state index contributed by atoms with van der Waals surface area (Å²) >= 11 is 0. The van der Waals surface area contributed by atoms with Crippen molar-refractivity contribution in [2.45, 2.75) is 26.2 Å². The van der Waals surface area contributed by atoms with Gasteiger partial charge in [0, 0.05) is 20.5 Å². The highest BCUT2D eigenvalue weighted by molar-refractivity contribution is 5.23. The molecule has 0 bridgehead atoms. The van der Waals surface area contributed by atoms with Crippen LogP contribution in [0.15, 0.2) is 4.52 Å². The molecule has 13 heavy (non-hydrogen) atoms. The Labute approximate surface area is 77.9 Å². The molecule has 0 N–H and O–H groups in total. The van der Waals surface area contributed by atoms with Gasteiger partial charge in [0.2, 0.25) is 5.89 Å². The van der Waals surface area contributed by atoms with Crippen molar-refractivity contribution in [2.75, 3.05) is 19.0 Å². The van der Waals surface area contributed by atoms with E-state index in [1.165, 1.54) is 12.8 Å². The predicted molar refractivity (Wildman–Crippen MR) is 49.7 cm³/mol. The molecule has 0 aromatic carbocycles. The first-order valence-corrected chi connectivity index (χ1v) is 4.59. The van der Waals surface area contributed by atoms with Gasteiger partial charge < -0.3 is 9.42 Å². The van der Waals surface area contributed by atoms with Crippen molar-refractivity contribution in [2.24, 2.45) is 5.41 Å². The van der Waals surface area contributed by atoms with Gasteiger partial charge in [-0.1, -0.05) is 6.92 Å². The third-order valence-electron chi connectivity index (χ3n) is 2.54. The lowest BCUT2D eigenvalue weighted by Gasteiger charge is -2.03. The summed E-state index contributed by atoms with van der Waals surface area (Å²) in [6.45, 7) is 2.26. The van der Waals surface area contributed by atoms with Crippen molar-refractivity contribution in [1.82, 2.24) is 10.1 Å². The van der Waals surface area contributed by atoms with Gasteiger partial charge in [0.25, 0.3) is 5.95 Å². The summed E-state index contributed by atoms with van der Waals surface area (Å²) in [5.74, 6) is 1.43. The predicted octanol–water partition coefficient (Wildman–Crippen LogP) is 1.48. The lowest BCUT2D eigenvalue weighted by atomic mass is 10.1. The molecule has 0 aliphatic heterocycles. The lowest BCUT2D eigenvalue weighted by Crippen LogP contribution is -2.10. The Balaban J connectivity index is 2.05. The van der Waals surface area contributed by atoms with E-state index in [0.29, 0.717) is 11.4 Å². The van der Waals surface area contributed by atoms with Gasteiger partial charge >= 0.3 is 0 Å². The first kappa shape index (κ1) is 8.53. The summed E-state index contributed by atoms with van der Waals surface area (Å²) in [5.41, 5.74) is 0.441. The second-order valence-electron chi connectivity index (χ2n) is 4.37. The summed E-state index contributed by atoms with van der Waals surface area (Å²) in [6.07, 6.45) is 3.49. The molecule has 2 rings (SSSR count). The number of nitrogens with zero attached hydrogens (tertiary/aromatic N) is 3. The molecule has 1 aliphatic rings. The van der Waals surface area contributed by atoms with Gasteiger partial charge in [-0.15, -0.1) is 0 Å². The van der Waals surface area contributed by atoms with E-state index in [-0.39, 0.29) is 0 Å². The molecule has 1 fully saturated rings. The average Bonchev–Trinajstić information content (AvgIpc) is 2.62. The van der Waals surface area contributed by atoms with Crippen molar-refractivity contribution < 1.29 is 4.52 Å². The van der Waals surface area contributed by atoms with Crippen LogP contribution in [0.1, 0.15) is 25.7 Å². The average molecular weight is 181 g/mol. The van der Waals surface area contributed by atoms with Gasteiger partial charge in [-0.25, -0.2) is 0 Å². The van der Waals surface area contributed by atoms with E-state index >= 15 is 0 Å². The molecule has 1 heterocycles. The zero-order chi connectivity index (χ0) is 9.47. The van der Waals surface area contributed by atoms with E-state index in [0.717, 1.165) is 12.3 Å². The van der Waals surface area contributed by atoms with E-state index in [1.807, 2.05) is 19.0 Å². The number of anilines is 1. The number of hydrogen-bond donors (Lipinski definition) is 0. The van der Waals surface area contributed by atoms with E-state index in [2.05, 4.69) is 17.1 Å². The molecule has 4 nitrogen and oxygen atoms in total. The second kappa shape index (κ2) is 2.72. The van der Waals surface area contributed by atoms with Crippen LogP contribution in [-0.2, 0) is 6.42 Å². The summed E-state index contributed by atoms with van der Waals surface area (Å²) in [4.78, 5) is 6.13. The van der Waals surface area contributed by atoms with E-state index in [1.54, 1.807) is 0 Å². The first-order chi connectivity index (χ1) is 6.09. The highest BCUT2D eigenvalue weighted by atomic mass is 16.5. The van der Waals surface area contributed by atoms with Crippen LogP contribution in [0.5, 0.6) is 0 Å². The normalized spacial score (nSPS) is 18.7. The Hall–Kier alpha value is -1.06. The molecular weight excluding hydrogens is 166 g/mol. The summed E-state index contributed by atoms with van der Waals surface area (Å²) in [5, 5.41) is 3.87. The number of rotatable bonds is 3. The molecule has 1 saturated carbocycles. The van der Waals surface area contributed by atoms with Crippen LogP contribution in [0.2, 0.25) is 0 Å². The molecule has 1 aromatic rings. The van der Waals surface area contributed by atoms with E-state index in [4.69, 9.17) is 4.52 Å². The van der Waals surface area contributed by atoms with Crippen molar-refractivity contribution in [1.29, 1.82) is 0 Å². The molecule has 1 aliphatic carbocycles. The largest absolute Gasteiger partial charge is 0.344 e. The highest BCUT2D eigenvalue weighted by Crippen LogP contribution is 2.47. The molecule has 0 unspecified atom stereocenters. The van der Waals surface area contributed by atoms with Crippen molar-refractivity contribution in [3.05, 3.63) is 5.89 Å². The highest BCUT2D eigenvalue weighted by Gasteiger charge is 2.39. The Morgan fingerprint density at radius 2 is 2.15 bits per heavy atom. The minimum absolute atomic E-state index is 0.441. The first-order valence-electron chi connectivity index (χ1n) is 4.59. The SMILES string of the molecule is CN(C)c1noc(CC2(C)CC2)n1. The topological polar surface area (TPSA) is 42.2 Å².